The molecule has 1 heterocycles. The number of nitro groups is 2. The number of benzene rings is 2. The third-order valence-corrected chi connectivity index (χ3v) is 4.63. The van der Waals surface area contributed by atoms with E-state index in [4.69, 9.17) is 12.2 Å². The van der Waals surface area contributed by atoms with Crippen LogP contribution in [0.2, 0.25) is 0 Å². The molecular formula is C16H9F3N4O5S. The van der Waals surface area contributed by atoms with E-state index in [1.807, 2.05) is 0 Å². The summed E-state index contributed by atoms with van der Waals surface area (Å²) in [6, 6.07) is 6.04. The lowest BCUT2D eigenvalue weighted by Gasteiger charge is -2.15. The average Bonchev–Trinajstić information content (AvgIpc) is 2.65. The molecule has 13 heteroatoms. The summed E-state index contributed by atoms with van der Waals surface area (Å²) in [7, 11) is 1.25. The number of halogens is 3. The summed E-state index contributed by atoms with van der Waals surface area (Å²) >= 11 is 5.15. The Balaban J connectivity index is 2.63. The molecule has 3 aromatic rings. The first-order valence-electron chi connectivity index (χ1n) is 7.70. The first-order chi connectivity index (χ1) is 13.4. The van der Waals surface area contributed by atoms with Crippen molar-refractivity contribution in [2.45, 2.75) is 6.18 Å². The van der Waals surface area contributed by atoms with Gasteiger partial charge in [-0.15, -0.1) is 0 Å². The Labute approximate surface area is 163 Å². The van der Waals surface area contributed by atoms with Crippen LogP contribution in [0.1, 0.15) is 5.56 Å². The molecule has 0 unspecified atom stereocenters. The van der Waals surface area contributed by atoms with Crippen molar-refractivity contribution in [3.8, 4) is 5.69 Å². The minimum Gasteiger partial charge on any atom is -0.288 e. The molecule has 0 N–H and O–H groups in total. The summed E-state index contributed by atoms with van der Waals surface area (Å²) in [5, 5.41) is 23.1. The van der Waals surface area contributed by atoms with Crippen LogP contribution in [0.25, 0.3) is 16.6 Å². The smallest absolute Gasteiger partial charge is 0.288 e. The zero-order valence-corrected chi connectivity index (χ0v) is 15.2. The SMILES string of the molecule is Cn1c(=O)c2ccccc2n(-c2c([N+](=O)[O-])cc(C(F)(F)F)cc2[N+](=O)[O-])c1=S. The normalized spacial score (nSPS) is 11.6. The van der Waals surface area contributed by atoms with Gasteiger partial charge < -0.3 is 0 Å². The van der Waals surface area contributed by atoms with E-state index in [2.05, 4.69) is 0 Å². The maximum Gasteiger partial charge on any atom is 0.416 e. The fraction of sp³-hybridized carbons (Fsp3) is 0.125. The molecule has 0 aliphatic rings. The summed E-state index contributed by atoms with van der Waals surface area (Å²) < 4.78 is 40.8. The maximum atomic E-state index is 13.1. The highest BCUT2D eigenvalue weighted by Gasteiger charge is 2.38. The van der Waals surface area contributed by atoms with Gasteiger partial charge in [0, 0.05) is 19.2 Å². The van der Waals surface area contributed by atoms with Crippen LogP contribution in [0.5, 0.6) is 0 Å². The van der Waals surface area contributed by atoms with E-state index >= 15 is 0 Å². The molecule has 0 spiro atoms. The molecule has 3 rings (SSSR count). The Morgan fingerprint density at radius 1 is 1.03 bits per heavy atom. The molecule has 2 aromatic carbocycles. The second kappa shape index (κ2) is 6.77. The Kier molecular flexibility index (Phi) is 4.70. The Morgan fingerprint density at radius 2 is 1.55 bits per heavy atom. The lowest BCUT2D eigenvalue weighted by atomic mass is 10.1. The van der Waals surface area contributed by atoms with Crippen LogP contribution in [0.15, 0.2) is 41.2 Å². The van der Waals surface area contributed by atoms with E-state index in [-0.39, 0.29) is 27.8 Å². The van der Waals surface area contributed by atoms with Crippen molar-refractivity contribution in [1.29, 1.82) is 0 Å². The highest BCUT2D eigenvalue weighted by atomic mass is 32.1. The lowest BCUT2D eigenvalue weighted by molar-refractivity contribution is -0.394. The molecule has 0 aliphatic carbocycles. The summed E-state index contributed by atoms with van der Waals surface area (Å²) in [4.78, 5) is 33.2. The Bertz CT molecular complexity index is 1280. The molecule has 0 atom stereocenters. The van der Waals surface area contributed by atoms with Gasteiger partial charge in [-0.1, -0.05) is 12.1 Å². The van der Waals surface area contributed by atoms with Crippen molar-refractivity contribution in [3.63, 3.8) is 0 Å². The van der Waals surface area contributed by atoms with E-state index in [1.165, 1.54) is 31.3 Å². The zero-order valence-electron chi connectivity index (χ0n) is 14.3. The number of alkyl halides is 3. The number of nitrogens with zero attached hydrogens (tertiary/aromatic N) is 4. The summed E-state index contributed by atoms with van der Waals surface area (Å²) in [6.45, 7) is 0. The third kappa shape index (κ3) is 3.24. The van der Waals surface area contributed by atoms with E-state index in [0.29, 0.717) is 0 Å². The molecule has 0 aliphatic heterocycles. The number of fused-ring (bicyclic) bond motifs is 1. The zero-order chi connectivity index (χ0) is 21.7. The topological polar surface area (TPSA) is 113 Å². The van der Waals surface area contributed by atoms with Gasteiger partial charge in [-0.25, -0.2) is 0 Å². The number of hydrogen-bond acceptors (Lipinski definition) is 6. The first-order valence-corrected chi connectivity index (χ1v) is 8.11. The number of rotatable bonds is 3. The van der Waals surface area contributed by atoms with Crippen molar-refractivity contribution in [2.24, 2.45) is 7.05 Å². The molecule has 150 valence electrons. The summed E-state index contributed by atoms with van der Waals surface area (Å²) in [5.74, 6) is 0. The summed E-state index contributed by atoms with van der Waals surface area (Å²) in [6.07, 6.45) is -5.05. The Morgan fingerprint density at radius 3 is 2.03 bits per heavy atom. The second-order valence-electron chi connectivity index (χ2n) is 5.87. The van der Waals surface area contributed by atoms with Crippen LogP contribution in [0.4, 0.5) is 24.5 Å². The van der Waals surface area contributed by atoms with E-state index in [1.54, 1.807) is 0 Å². The molecule has 0 radical (unpaired) electrons. The third-order valence-electron chi connectivity index (χ3n) is 4.17. The maximum absolute atomic E-state index is 13.1. The van der Waals surface area contributed by atoms with Crippen LogP contribution >= 0.6 is 12.2 Å². The summed E-state index contributed by atoms with van der Waals surface area (Å²) in [5.41, 5.74) is -5.27. The first kappa shape index (κ1) is 20.1. The van der Waals surface area contributed by atoms with Gasteiger partial charge in [-0.05, 0) is 24.4 Å². The van der Waals surface area contributed by atoms with E-state index in [9.17, 15) is 38.2 Å². The van der Waals surface area contributed by atoms with Crippen molar-refractivity contribution >= 4 is 34.5 Å². The molecule has 29 heavy (non-hydrogen) atoms. The average molecular weight is 426 g/mol. The molecular weight excluding hydrogens is 417 g/mol. The van der Waals surface area contributed by atoms with Crippen LogP contribution in [-0.2, 0) is 13.2 Å². The van der Waals surface area contributed by atoms with E-state index in [0.717, 1.165) is 9.13 Å². The van der Waals surface area contributed by atoms with Crippen molar-refractivity contribution in [2.75, 3.05) is 0 Å². The second-order valence-corrected chi connectivity index (χ2v) is 6.24. The molecule has 0 fully saturated rings. The number of hydrogen-bond donors (Lipinski definition) is 0. The number of aromatic nitrogens is 2. The largest absolute Gasteiger partial charge is 0.416 e. The Hall–Kier alpha value is -3.61. The molecule has 1 aromatic heterocycles. The number of nitro benzene ring substituents is 2. The van der Waals surface area contributed by atoms with Crippen molar-refractivity contribution in [3.05, 3.63) is 77.3 Å². The molecule has 9 nitrogen and oxygen atoms in total. The van der Waals surface area contributed by atoms with Crippen molar-refractivity contribution < 1.29 is 23.0 Å². The quantitative estimate of drug-likeness (QED) is 0.357. The van der Waals surface area contributed by atoms with E-state index < -0.39 is 44.2 Å². The standard InChI is InChI=1S/C16H9F3N4O5S/c1-20-14(24)9-4-2-3-5-10(9)21(15(20)29)13-11(22(25)26)6-8(16(17,18)19)7-12(13)23(27)28/h2-7H,1H3. The predicted molar refractivity (Wildman–Crippen MR) is 97.7 cm³/mol. The van der Waals surface area contributed by atoms with Gasteiger partial charge in [0.05, 0.1) is 26.3 Å². The molecule has 0 saturated carbocycles. The minimum absolute atomic E-state index is 0.0205. The van der Waals surface area contributed by atoms with Crippen LogP contribution < -0.4 is 5.56 Å². The molecule has 0 bridgehead atoms. The highest BCUT2D eigenvalue weighted by molar-refractivity contribution is 7.71. The monoisotopic (exact) mass is 426 g/mol. The van der Waals surface area contributed by atoms with Gasteiger partial charge in [-0.2, -0.15) is 13.2 Å². The van der Waals surface area contributed by atoms with Gasteiger partial charge >= 0.3 is 17.6 Å². The van der Waals surface area contributed by atoms with Gasteiger partial charge in [0.1, 0.15) is 0 Å². The highest BCUT2D eigenvalue weighted by Crippen LogP contribution is 2.40. The van der Waals surface area contributed by atoms with Gasteiger partial charge in [-0.3, -0.25) is 34.2 Å². The minimum atomic E-state index is -5.05. The number of para-hydroxylation sites is 1. The molecule has 0 amide bonds. The fourth-order valence-corrected chi connectivity index (χ4v) is 3.13. The van der Waals surface area contributed by atoms with Crippen LogP contribution in [0.3, 0.4) is 0 Å². The van der Waals surface area contributed by atoms with Gasteiger partial charge in [0.25, 0.3) is 5.56 Å². The lowest BCUT2D eigenvalue weighted by Crippen LogP contribution is -2.23. The van der Waals surface area contributed by atoms with Crippen LogP contribution in [-0.4, -0.2) is 19.0 Å². The van der Waals surface area contributed by atoms with Crippen LogP contribution in [0, 0.1) is 25.0 Å². The van der Waals surface area contributed by atoms with Gasteiger partial charge in [0.2, 0.25) is 5.69 Å². The van der Waals surface area contributed by atoms with Gasteiger partial charge in [0.15, 0.2) is 4.77 Å². The van der Waals surface area contributed by atoms with Crippen molar-refractivity contribution in [1.82, 2.24) is 9.13 Å². The predicted octanol–water partition coefficient (Wildman–Crippen LogP) is 3.89. The fourth-order valence-electron chi connectivity index (χ4n) is 2.86. The molecule has 0 saturated heterocycles.